The van der Waals surface area contributed by atoms with Crippen LogP contribution in [0.4, 0.5) is 10.8 Å². The second-order valence-corrected chi connectivity index (χ2v) is 7.13. The fourth-order valence-electron chi connectivity index (χ4n) is 3.21. The number of amides is 1. The first-order valence-corrected chi connectivity index (χ1v) is 9.65. The van der Waals surface area contributed by atoms with Gasteiger partial charge in [0.25, 0.3) is 5.91 Å². The maximum atomic E-state index is 13.0. The van der Waals surface area contributed by atoms with Crippen LogP contribution in [0.25, 0.3) is 0 Å². The molecule has 0 bridgehead atoms. The summed E-state index contributed by atoms with van der Waals surface area (Å²) >= 11 is 1.41. The fourth-order valence-corrected chi connectivity index (χ4v) is 3.91. The summed E-state index contributed by atoms with van der Waals surface area (Å²) in [5, 5.41) is 12.5. The van der Waals surface area contributed by atoms with Gasteiger partial charge in [-0.25, -0.2) is 9.97 Å². The number of likely N-dealkylation sites (tertiary alicyclic amines) is 1. The molecule has 0 spiro atoms. The van der Waals surface area contributed by atoms with Crippen LogP contribution in [0.2, 0.25) is 0 Å². The summed E-state index contributed by atoms with van der Waals surface area (Å²) in [6.07, 6.45) is 4.41. The molecule has 3 heterocycles. The maximum Gasteiger partial charge on any atom is 0.274 e. The van der Waals surface area contributed by atoms with Crippen molar-refractivity contribution in [1.29, 1.82) is 0 Å². The zero-order valence-electron chi connectivity index (χ0n) is 14.9. The van der Waals surface area contributed by atoms with Gasteiger partial charge in [-0.3, -0.25) is 9.89 Å². The summed E-state index contributed by atoms with van der Waals surface area (Å²) in [7, 11) is 1.63. The molecular weight excluding hydrogens is 364 g/mol. The number of aromatic nitrogens is 4. The van der Waals surface area contributed by atoms with Crippen molar-refractivity contribution in [3.8, 4) is 5.75 Å². The number of thiazole rings is 1. The van der Waals surface area contributed by atoms with Crippen molar-refractivity contribution in [3.63, 3.8) is 0 Å². The van der Waals surface area contributed by atoms with Crippen molar-refractivity contribution < 1.29 is 9.53 Å². The second-order valence-electron chi connectivity index (χ2n) is 6.27. The third kappa shape index (κ3) is 3.77. The molecule has 0 saturated carbocycles. The number of nitrogens with one attached hydrogen (secondary N) is 2. The number of ether oxygens (including phenoxy) is 1. The Kier molecular flexibility index (Phi) is 5.01. The number of nitrogens with zero attached hydrogens (tertiary/aromatic N) is 4. The molecule has 140 valence electrons. The van der Waals surface area contributed by atoms with Gasteiger partial charge in [-0.15, -0.1) is 11.3 Å². The van der Waals surface area contributed by atoms with Crippen molar-refractivity contribution in [3.05, 3.63) is 47.5 Å². The molecule has 1 unspecified atom stereocenters. The number of aromatic amines is 1. The second kappa shape index (κ2) is 7.75. The standard InChI is InChI=1S/C18H20N6O2S/c1-26-13-7-5-12(6-8-13)21-18-22-14(10-27-18)17(25)24-9-3-2-4-15(24)16-19-11-20-23-16/h5-8,10-11,15H,2-4,9H2,1H3,(H,21,22)(H,19,20,23). The van der Waals surface area contributed by atoms with Crippen LogP contribution < -0.4 is 10.1 Å². The van der Waals surface area contributed by atoms with Crippen LogP contribution in [-0.2, 0) is 0 Å². The van der Waals surface area contributed by atoms with Crippen LogP contribution >= 0.6 is 11.3 Å². The van der Waals surface area contributed by atoms with Crippen LogP contribution in [0.5, 0.6) is 5.75 Å². The number of piperidine rings is 1. The number of carbonyl (C=O) groups is 1. The summed E-state index contributed by atoms with van der Waals surface area (Å²) in [5.41, 5.74) is 1.34. The Bertz CT molecular complexity index is 893. The van der Waals surface area contributed by atoms with E-state index in [1.54, 1.807) is 12.5 Å². The number of benzene rings is 1. The van der Waals surface area contributed by atoms with Gasteiger partial charge in [0.1, 0.15) is 23.6 Å². The van der Waals surface area contributed by atoms with E-state index < -0.39 is 0 Å². The molecular formula is C18H20N6O2S. The van der Waals surface area contributed by atoms with Gasteiger partial charge in [-0.1, -0.05) is 0 Å². The largest absolute Gasteiger partial charge is 0.497 e. The Morgan fingerprint density at radius 1 is 1.33 bits per heavy atom. The third-order valence-corrected chi connectivity index (χ3v) is 5.34. The molecule has 0 radical (unpaired) electrons. The number of hydrogen-bond acceptors (Lipinski definition) is 7. The van der Waals surface area contributed by atoms with Gasteiger partial charge in [-0.2, -0.15) is 5.10 Å². The van der Waals surface area contributed by atoms with Crippen molar-refractivity contribution in [1.82, 2.24) is 25.1 Å². The monoisotopic (exact) mass is 384 g/mol. The van der Waals surface area contributed by atoms with Gasteiger partial charge in [0, 0.05) is 17.6 Å². The highest BCUT2D eigenvalue weighted by Gasteiger charge is 2.31. The van der Waals surface area contributed by atoms with E-state index in [4.69, 9.17) is 4.74 Å². The van der Waals surface area contributed by atoms with Crippen LogP contribution in [0.1, 0.15) is 41.6 Å². The number of carbonyl (C=O) groups excluding carboxylic acids is 1. The van der Waals surface area contributed by atoms with Gasteiger partial charge in [0.15, 0.2) is 5.13 Å². The molecule has 1 amide bonds. The molecule has 9 heteroatoms. The van der Waals surface area contributed by atoms with Gasteiger partial charge < -0.3 is 15.0 Å². The Morgan fingerprint density at radius 2 is 2.19 bits per heavy atom. The first kappa shape index (κ1) is 17.5. The van der Waals surface area contributed by atoms with Gasteiger partial charge in [-0.05, 0) is 43.5 Å². The van der Waals surface area contributed by atoms with E-state index >= 15 is 0 Å². The van der Waals surface area contributed by atoms with E-state index in [2.05, 4.69) is 25.5 Å². The molecule has 8 nitrogen and oxygen atoms in total. The van der Waals surface area contributed by atoms with Crippen molar-refractivity contribution in [2.24, 2.45) is 0 Å². The highest BCUT2D eigenvalue weighted by molar-refractivity contribution is 7.14. The smallest absolute Gasteiger partial charge is 0.274 e. The first-order chi connectivity index (χ1) is 13.2. The minimum atomic E-state index is -0.0755. The van der Waals surface area contributed by atoms with E-state index in [0.717, 1.165) is 36.5 Å². The highest BCUT2D eigenvalue weighted by atomic mass is 32.1. The molecule has 1 aromatic carbocycles. The number of anilines is 2. The quantitative estimate of drug-likeness (QED) is 0.700. The van der Waals surface area contributed by atoms with E-state index in [9.17, 15) is 4.79 Å². The molecule has 2 aromatic heterocycles. The molecule has 1 saturated heterocycles. The van der Waals surface area contributed by atoms with E-state index in [1.807, 2.05) is 29.2 Å². The lowest BCUT2D eigenvalue weighted by atomic mass is 10.0. The van der Waals surface area contributed by atoms with Crippen LogP contribution in [-0.4, -0.2) is 44.6 Å². The molecule has 4 rings (SSSR count). The summed E-state index contributed by atoms with van der Waals surface area (Å²) in [6, 6.07) is 7.49. The lowest BCUT2D eigenvalue weighted by Gasteiger charge is -2.33. The number of rotatable bonds is 5. The fraction of sp³-hybridized carbons (Fsp3) is 0.333. The molecule has 1 fully saturated rings. The molecule has 1 atom stereocenters. The van der Waals surface area contributed by atoms with Crippen molar-refractivity contribution >= 4 is 28.1 Å². The Labute approximate surface area is 160 Å². The third-order valence-electron chi connectivity index (χ3n) is 4.58. The molecule has 0 aliphatic carbocycles. The Morgan fingerprint density at radius 3 is 2.93 bits per heavy atom. The average molecular weight is 384 g/mol. The molecule has 2 N–H and O–H groups in total. The average Bonchev–Trinajstić information content (AvgIpc) is 3.40. The zero-order valence-corrected chi connectivity index (χ0v) is 15.7. The van der Waals surface area contributed by atoms with Gasteiger partial charge >= 0.3 is 0 Å². The van der Waals surface area contributed by atoms with Crippen LogP contribution in [0.3, 0.4) is 0 Å². The Balaban J connectivity index is 1.48. The maximum absolute atomic E-state index is 13.0. The first-order valence-electron chi connectivity index (χ1n) is 8.77. The van der Waals surface area contributed by atoms with Gasteiger partial charge in [0.2, 0.25) is 0 Å². The van der Waals surface area contributed by atoms with E-state index in [1.165, 1.54) is 17.7 Å². The van der Waals surface area contributed by atoms with Gasteiger partial charge in [0.05, 0.1) is 13.2 Å². The van der Waals surface area contributed by atoms with Crippen LogP contribution in [0.15, 0.2) is 36.0 Å². The predicted octanol–water partition coefficient (Wildman–Crippen LogP) is 3.38. The van der Waals surface area contributed by atoms with Crippen molar-refractivity contribution in [2.45, 2.75) is 25.3 Å². The SMILES string of the molecule is COc1ccc(Nc2nc(C(=O)N3CCCCC3c3ncn[nH]3)cs2)cc1. The minimum Gasteiger partial charge on any atom is -0.497 e. The minimum absolute atomic E-state index is 0.0740. The van der Waals surface area contributed by atoms with E-state index in [0.29, 0.717) is 17.4 Å². The number of methoxy groups -OCH3 is 1. The Hall–Kier alpha value is -2.94. The number of hydrogen-bond donors (Lipinski definition) is 2. The molecule has 27 heavy (non-hydrogen) atoms. The summed E-state index contributed by atoms with van der Waals surface area (Å²) in [5.74, 6) is 1.45. The summed E-state index contributed by atoms with van der Waals surface area (Å²) < 4.78 is 5.16. The molecule has 3 aromatic rings. The molecule has 1 aliphatic rings. The topological polar surface area (TPSA) is 96.0 Å². The lowest BCUT2D eigenvalue weighted by molar-refractivity contribution is 0.0595. The van der Waals surface area contributed by atoms with E-state index in [-0.39, 0.29) is 11.9 Å². The summed E-state index contributed by atoms with van der Waals surface area (Å²) in [4.78, 5) is 23.6. The van der Waals surface area contributed by atoms with Crippen LogP contribution in [0, 0.1) is 0 Å². The lowest BCUT2D eigenvalue weighted by Crippen LogP contribution is -2.39. The highest BCUT2D eigenvalue weighted by Crippen LogP contribution is 2.31. The number of H-pyrrole nitrogens is 1. The normalized spacial score (nSPS) is 16.9. The molecule has 1 aliphatic heterocycles. The predicted molar refractivity (Wildman–Crippen MR) is 102 cm³/mol. The zero-order chi connectivity index (χ0) is 18.6. The summed E-state index contributed by atoms with van der Waals surface area (Å²) in [6.45, 7) is 0.697. The van der Waals surface area contributed by atoms with Crippen molar-refractivity contribution in [2.75, 3.05) is 19.0 Å².